The lowest BCUT2D eigenvalue weighted by molar-refractivity contribution is -0.126. The van der Waals surface area contributed by atoms with Gasteiger partial charge in [0, 0.05) is 37.2 Å². The Hall–Kier alpha value is -4.16. The summed E-state index contributed by atoms with van der Waals surface area (Å²) in [4.78, 5) is 49.2. The molecule has 3 fully saturated rings. The van der Waals surface area contributed by atoms with Gasteiger partial charge in [-0.25, -0.2) is 18.6 Å². The third-order valence-electron chi connectivity index (χ3n) is 9.20. The number of halogens is 3. The van der Waals surface area contributed by atoms with Gasteiger partial charge in [-0.3, -0.25) is 28.6 Å². The smallest absolute Gasteiger partial charge is 0.333 e. The van der Waals surface area contributed by atoms with E-state index in [0.717, 1.165) is 30.1 Å². The normalized spacial score (nSPS) is 21.1. The Morgan fingerprint density at radius 1 is 1.04 bits per heavy atom. The number of ether oxygens (including phenoxy) is 1. The van der Waals surface area contributed by atoms with Crippen LogP contribution in [-0.4, -0.2) is 56.7 Å². The van der Waals surface area contributed by atoms with E-state index >= 15 is 0 Å². The summed E-state index contributed by atoms with van der Waals surface area (Å²) < 4.78 is 35.6. The van der Waals surface area contributed by atoms with E-state index in [1.807, 2.05) is 30.3 Å². The van der Waals surface area contributed by atoms with Crippen LogP contribution >= 0.6 is 11.6 Å². The summed E-state index contributed by atoms with van der Waals surface area (Å²) in [6.07, 6.45) is 3.09. The number of aromatic nitrogens is 4. The van der Waals surface area contributed by atoms with E-state index in [0.29, 0.717) is 57.1 Å². The Morgan fingerprint density at radius 3 is 2.44 bits per heavy atom. The van der Waals surface area contributed by atoms with Gasteiger partial charge < -0.3 is 10.1 Å². The molecule has 10 nitrogen and oxygen atoms in total. The van der Waals surface area contributed by atoms with Gasteiger partial charge in [-0.1, -0.05) is 23.7 Å². The van der Waals surface area contributed by atoms with Gasteiger partial charge in [-0.2, -0.15) is 0 Å². The van der Waals surface area contributed by atoms with Crippen LogP contribution in [0.2, 0.25) is 5.02 Å². The number of alkyl halides is 2. The van der Waals surface area contributed by atoms with Gasteiger partial charge in [-0.05, 0) is 61.9 Å². The average molecular weight is 637 g/mol. The summed E-state index contributed by atoms with van der Waals surface area (Å²) >= 11 is 5.92. The maximum absolute atomic E-state index is 13.9. The largest absolute Gasteiger partial charge is 0.380 e. The van der Waals surface area contributed by atoms with Crippen LogP contribution < -0.4 is 15.9 Å². The topological polar surface area (TPSA) is 111 Å². The highest BCUT2D eigenvalue weighted by atomic mass is 35.5. The first kappa shape index (κ1) is 29.5. The van der Waals surface area contributed by atoms with Crippen molar-refractivity contribution >= 4 is 40.3 Å². The molecule has 45 heavy (non-hydrogen) atoms. The zero-order chi connectivity index (χ0) is 31.3. The second-order valence-electron chi connectivity index (χ2n) is 12.3. The van der Waals surface area contributed by atoms with Crippen LogP contribution in [0.3, 0.4) is 0 Å². The van der Waals surface area contributed by atoms with Crippen molar-refractivity contribution < 1.29 is 23.1 Å². The Labute approximate surface area is 262 Å². The van der Waals surface area contributed by atoms with E-state index in [1.54, 1.807) is 26.3 Å². The molecule has 1 aromatic carbocycles. The Kier molecular flexibility index (Phi) is 7.65. The zero-order valence-electron chi connectivity index (χ0n) is 24.3. The summed E-state index contributed by atoms with van der Waals surface area (Å²) in [5.74, 6) is 0.156. The molecule has 7 rings (SSSR count). The SMILES string of the molecule is O=C(NC1CCC(Cn2c(=O)n(-c3ccc(N4CC5(COC5)CC4=O)nc3)c3ccccc32)CC1)c1cc(Cl)cnc1C(F)F. The van der Waals surface area contributed by atoms with Crippen LogP contribution in [0, 0.1) is 11.3 Å². The number of carbonyl (C=O) groups excluding carboxylic acids is 2. The van der Waals surface area contributed by atoms with E-state index < -0.39 is 18.0 Å². The van der Waals surface area contributed by atoms with E-state index in [9.17, 15) is 23.2 Å². The Balaban J connectivity index is 1.05. The lowest BCUT2D eigenvalue weighted by Crippen LogP contribution is -2.44. The molecular formula is C32H31ClF2N6O4. The van der Waals surface area contributed by atoms with Gasteiger partial charge in [0.1, 0.15) is 11.5 Å². The summed E-state index contributed by atoms with van der Waals surface area (Å²) in [6, 6.07) is 12.2. The quantitative estimate of drug-likeness (QED) is 0.309. The number of anilines is 1. The first-order chi connectivity index (χ1) is 21.7. The minimum Gasteiger partial charge on any atom is -0.380 e. The molecule has 1 aliphatic carbocycles. The predicted molar refractivity (Wildman–Crippen MR) is 163 cm³/mol. The lowest BCUT2D eigenvalue weighted by Gasteiger charge is -2.36. The van der Waals surface area contributed by atoms with Gasteiger partial charge in [0.15, 0.2) is 0 Å². The Bertz CT molecular complexity index is 1830. The highest BCUT2D eigenvalue weighted by Crippen LogP contribution is 2.40. The molecule has 4 aromatic rings. The van der Waals surface area contributed by atoms with Gasteiger partial charge in [0.2, 0.25) is 5.91 Å². The number of amides is 2. The molecule has 2 amide bonds. The number of hydrogen-bond donors (Lipinski definition) is 1. The summed E-state index contributed by atoms with van der Waals surface area (Å²) in [6.45, 7) is 2.25. The maximum Gasteiger partial charge on any atom is 0.333 e. The molecule has 5 heterocycles. The number of rotatable bonds is 7. The highest BCUT2D eigenvalue weighted by molar-refractivity contribution is 6.30. The molecule has 0 radical (unpaired) electrons. The van der Waals surface area contributed by atoms with Crippen molar-refractivity contribution in [1.82, 2.24) is 24.4 Å². The van der Waals surface area contributed by atoms with Crippen molar-refractivity contribution in [2.75, 3.05) is 24.7 Å². The third-order valence-corrected chi connectivity index (χ3v) is 9.41. The molecule has 0 bridgehead atoms. The number of para-hydroxylation sites is 2. The number of imidazole rings is 1. The number of hydrogen-bond acceptors (Lipinski definition) is 6. The second-order valence-corrected chi connectivity index (χ2v) is 12.8. The standard InChI is InChI=1S/C32H31ClF2N6O4/c33-20-11-23(28(29(34)35)37-13-20)30(43)38-21-7-5-19(6-8-21)15-39-24-3-1-2-4-25(24)41(31(39)44)22-9-10-26(36-14-22)40-16-32(12-27(40)42)17-45-18-32/h1-4,9-11,13-14,19,21,29H,5-8,12,15-18H2,(H,38,43). The average Bonchev–Trinajstić information content (AvgIpc) is 3.52. The van der Waals surface area contributed by atoms with Crippen molar-refractivity contribution in [2.24, 2.45) is 11.3 Å². The molecule has 1 spiro atoms. The first-order valence-electron chi connectivity index (χ1n) is 15.0. The second kappa shape index (κ2) is 11.6. The molecule has 3 aromatic heterocycles. The molecule has 2 saturated heterocycles. The fourth-order valence-corrected chi connectivity index (χ4v) is 6.97. The number of pyridine rings is 2. The lowest BCUT2D eigenvalue weighted by atomic mass is 9.85. The molecule has 2 aliphatic heterocycles. The number of fused-ring (bicyclic) bond motifs is 1. The van der Waals surface area contributed by atoms with Gasteiger partial charge in [0.05, 0.1) is 46.7 Å². The highest BCUT2D eigenvalue weighted by Gasteiger charge is 2.49. The van der Waals surface area contributed by atoms with Crippen molar-refractivity contribution in [3.8, 4) is 5.69 Å². The molecular weight excluding hydrogens is 606 g/mol. The molecule has 1 N–H and O–H groups in total. The fourth-order valence-electron chi connectivity index (χ4n) is 6.81. The Morgan fingerprint density at radius 2 is 1.80 bits per heavy atom. The van der Waals surface area contributed by atoms with Crippen LogP contribution in [0.1, 0.15) is 54.6 Å². The third kappa shape index (κ3) is 5.50. The molecule has 0 unspecified atom stereocenters. The van der Waals surface area contributed by atoms with Crippen LogP contribution in [0.25, 0.3) is 16.7 Å². The molecule has 13 heteroatoms. The van der Waals surface area contributed by atoms with Crippen molar-refractivity contribution in [1.29, 1.82) is 0 Å². The maximum atomic E-state index is 13.9. The van der Waals surface area contributed by atoms with E-state index in [1.165, 1.54) is 6.07 Å². The van der Waals surface area contributed by atoms with Crippen LogP contribution in [0.4, 0.5) is 14.6 Å². The number of nitrogens with one attached hydrogen (secondary N) is 1. The van der Waals surface area contributed by atoms with E-state index in [4.69, 9.17) is 16.3 Å². The predicted octanol–water partition coefficient (Wildman–Crippen LogP) is 4.92. The van der Waals surface area contributed by atoms with Gasteiger partial charge in [-0.15, -0.1) is 0 Å². The van der Waals surface area contributed by atoms with Crippen molar-refractivity contribution in [3.63, 3.8) is 0 Å². The van der Waals surface area contributed by atoms with Gasteiger partial charge >= 0.3 is 5.69 Å². The van der Waals surface area contributed by atoms with Crippen LogP contribution in [0.5, 0.6) is 0 Å². The molecule has 234 valence electrons. The fraction of sp³-hybridized carbons (Fsp3) is 0.406. The van der Waals surface area contributed by atoms with Gasteiger partial charge in [0.25, 0.3) is 12.3 Å². The molecule has 1 saturated carbocycles. The summed E-state index contributed by atoms with van der Waals surface area (Å²) in [7, 11) is 0. The number of carbonyl (C=O) groups is 2. The van der Waals surface area contributed by atoms with E-state index in [-0.39, 0.29) is 39.6 Å². The van der Waals surface area contributed by atoms with Crippen LogP contribution in [-0.2, 0) is 16.1 Å². The van der Waals surface area contributed by atoms with Crippen molar-refractivity contribution in [2.45, 2.75) is 51.1 Å². The minimum absolute atomic E-state index is 0.0287. The number of benzene rings is 1. The first-order valence-corrected chi connectivity index (χ1v) is 15.4. The minimum atomic E-state index is -2.89. The van der Waals surface area contributed by atoms with E-state index in [2.05, 4.69) is 15.3 Å². The molecule has 3 aliphatic rings. The monoisotopic (exact) mass is 636 g/mol. The summed E-state index contributed by atoms with van der Waals surface area (Å²) in [5.41, 5.74) is 1.06. The zero-order valence-corrected chi connectivity index (χ0v) is 25.1. The summed E-state index contributed by atoms with van der Waals surface area (Å²) in [5, 5.41) is 2.98. The van der Waals surface area contributed by atoms with Crippen molar-refractivity contribution in [3.05, 3.63) is 81.6 Å². The number of nitrogens with zero attached hydrogens (tertiary/aromatic N) is 5. The van der Waals surface area contributed by atoms with Crippen LogP contribution in [0.15, 0.2) is 59.7 Å². The molecule has 0 atom stereocenters.